The predicted octanol–water partition coefficient (Wildman–Crippen LogP) is 3.88. The second-order valence-corrected chi connectivity index (χ2v) is 4.65. The van der Waals surface area contributed by atoms with Crippen LogP contribution in [0.4, 0.5) is 5.69 Å². The number of nitriles is 1. The van der Waals surface area contributed by atoms with E-state index in [0.29, 0.717) is 5.56 Å². The Balaban J connectivity index is 2.61. The van der Waals surface area contributed by atoms with Gasteiger partial charge in [0.15, 0.2) is 0 Å². The third-order valence-electron chi connectivity index (χ3n) is 3.17. The lowest BCUT2D eigenvalue weighted by Crippen LogP contribution is -2.04. The maximum absolute atomic E-state index is 9.22. The summed E-state index contributed by atoms with van der Waals surface area (Å²) in [6.07, 6.45) is 4.82. The molecule has 3 nitrogen and oxygen atoms in total. The number of rotatable bonds is 5. The van der Waals surface area contributed by atoms with Crippen molar-refractivity contribution in [2.24, 2.45) is 0 Å². The monoisotopic (exact) mass is 253 g/mol. The molecule has 0 aliphatic rings. The fraction of sp³-hybridized carbons (Fsp3) is 0.375. The molecule has 1 aromatic carbocycles. The van der Waals surface area contributed by atoms with Crippen LogP contribution in [0.2, 0.25) is 0 Å². The van der Waals surface area contributed by atoms with Crippen molar-refractivity contribution in [2.75, 3.05) is 11.9 Å². The smallest absolute Gasteiger partial charge is 0.103 e. The third-order valence-corrected chi connectivity index (χ3v) is 3.17. The molecule has 19 heavy (non-hydrogen) atoms. The van der Waals surface area contributed by atoms with Crippen LogP contribution in [0.3, 0.4) is 0 Å². The van der Waals surface area contributed by atoms with Crippen LogP contribution in [0, 0.1) is 11.3 Å². The molecule has 0 saturated carbocycles. The van der Waals surface area contributed by atoms with Crippen molar-refractivity contribution < 1.29 is 0 Å². The Kier molecular flexibility index (Phi) is 4.35. The molecule has 1 aromatic heterocycles. The van der Waals surface area contributed by atoms with Crippen molar-refractivity contribution >= 4 is 16.6 Å². The van der Waals surface area contributed by atoms with E-state index in [9.17, 15) is 5.26 Å². The number of hydrogen-bond donors (Lipinski definition) is 1. The minimum atomic E-state index is 0.620. The first-order valence-electron chi connectivity index (χ1n) is 6.86. The number of anilines is 1. The lowest BCUT2D eigenvalue weighted by atomic mass is 10.0. The van der Waals surface area contributed by atoms with Crippen LogP contribution < -0.4 is 5.32 Å². The zero-order chi connectivity index (χ0) is 13.7. The van der Waals surface area contributed by atoms with Gasteiger partial charge in [0.05, 0.1) is 16.8 Å². The number of fused-ring (bicyclic) bond motifs is 1. The first kappa shape index (κ1) is 13.4. The quantitative estimate of drug-likeness (QED) is 0.879. The Hall–Kier alpha value is -2.08. The SMILES string of the molecule is CCCNc1c(C#N)cnc2c(CCC)cccc12. The third kappa shape index (κ3) is 2.68. The largest absolute Gasteiger partial charge is 0.383 e. The van der Waals surface area contributed by atoms with Crippen molar-refractivity contribution in [3.8, 4) is 6.07 Å². The van der Waals surface area contributed by atoms with Crippen LogP contribution in [0.1, 0.15) is 37.8 Å². The predicted molar refractivity (Wildman–Crippen MR) is 79.2 cm³/mol. The van der Waals surface area contributed by atoms with Crippen LogP contribution in [0.5, 0.6) is 0 Å². The highest BCUT2D eigenvalue weighted by Crippen LogP contribution is 2.28. The minimum Gasteiger partial charge on any atom is -0.383 e. The fourth-order valence-corrected chi connectivity index (χ4v) is 2.28. The Morgan fingerprint density at radius 1 is 1.26 bits per heavy atom. The first-order chi connectivity index (χ1) is 9.31. The van der Waals surface area contributed by atoms with E-state index in [1.165, 1.54) is 5.56 Å². The van der Waals surface area contributed by atoms with Crippen molar-refractivity contribution in [1.82, 2.24) is 4.98 Å². The summed E-state index contributed by atoms with van der Waals surface area (Å²) in [5, 5.41) is 13.6. The zero-order valence-corrected chi connectivity index (χ0v) is 11.5. The molecule has 98 valence electrons. The summed E-state index contributed by atoms with van der Waals surface area (Å²) in [6.45, 7) is 5.15. The van der Waals surface area contributed by atoms with Crippen molar-refractivity contribution in [3.05, 3.63) is 35.5 Å². The zero-order valence-electron chi connectivity index (χ0n) is 11.5. The average Bonchev–Trinajstić information content (AvgIpc) is 2.45. The second-order valence-electron chi connectivity index (χ2n) is 4.65. The van der Waals surface area contributed by atoms with E-state index in [4.69, 9.17) is 0 Å². The van der Waals surface area contributed by atoms with Crippen LogP contribution in [-0.2, 0) is 6.42 Å². The summed E-state index contributed by atoms with van der Waals surface area (Å²) in [7, 11) is 0. The number of hydrogen-bond acceptors (Lipinski definition) is 3. The molecule has 0 spiro atoms. The Bertz CT molecular complexity index is 611. The summed E-state index contributed by atoms with van der Waals surface area (Å²) in [5.74, 6) is 0. The molecule has 1 heterocycles. The molecule has 0 atom stereocenters. The van der Waals surface area contributed by atoms with E-state index in [1.807, 2.05) is 12.1 Å². The normalized spacial score (nSPS) is 10.4. The minimum absolute atomic E-state index is 0.620. The van der Waals surface area contributed by atoms with Gasteiger partial charge in [0.25, 0.3) is 0 Å². The highest BCUT2D eigenvalue weighted by atomic mass is 14.9. The van der Waals surface area contributed by atoms with Crippen LogP contribution >= 0.6 is 0 Å². The number of nitrogens with zero attached hydrogens (tertiary/aromatic N) is 2. The highest BCUT2D eigenvalue weighted by Gasteiger charge is 2.10. The molecule has 0 amide bonds. The maximum Gasteiger partial charge on any atom is 0.103 e. The molecule has 2 aromatic rings. The standard InChI is InChI=1S/C16H19N3/c1-3-6-12-7-5-8-14-15(12)19-11-13(10-17)16(14)18-9-4-2/h5,7-8,11H,3-4,6,9H2,1-2H3,(H,18,19). The fourth-order valence-electron chi connectivity index (χ4n) is 2.28. The number of benzene rings is 1. The molecule has 1 N–H and O–H groups in total. The van der Waals surface area contributed by atoms with Crippen molar-refractivity contribution in [2.45, 2.75) is 33.1 Å². The Morgan fingerprint density at radius 3 is 2.79 bits per heavy atom. The van der Waals surface area contributed by atoms with E-state index < -0.39 is 0 Å². The van der Waals surface area contributed by atoms with Gasteiger partial charge in [0, 0.05) is 18.1 Å². The van der Waals surface area contributed by atoms with Crippen molar-refractivity contribution in [1.29, 1.82) is 5.26 Å². The van der Waals surface area contributed by atoms with Gasteiger partial charge in [-0.2, -0.15) is 5.26 Å². The van der Waals surface area contributed by atoms with E-state index in [2.05, 4.69) is 36.3 Å². The van der Waals surface area contributed by atoms with Gasteiger partial charge in [-0.1, -0.05) is 38.5 Å². The summed E-state index contributed by atoms with van der Waals surface area (Å²) in [4.78, 5) is 4.48. The molecular formula is C16H19N3. The topological polar surface area (TPSA) is 48.7 Å². The lowest BCUT2D eigenvalue weighted by Gasteiger charge is -2.12. The van der Waals surface area contributed by atoms with E-state index in [0.717, 1.165) is 42.4 Å². The molecule has 0 unspecified atom stereocenters. The van der Waals surface area contributed by atoms with Crippen LogP contribution in [0.25, 0.3) is 10.9 Å². The molecule has 3 heteroatoms. The van der Waals surface area contributed by atoms with Gasteiger partial charge >= 0.3 is 0 Å². The van der Waals surface area contributed by atoms with Gasteiger partial charge in [0.2, 0.25) is 0 Å². The van der Waals surface area contributed by atoms with Crippen LogP contribution in [-0.4, -0.2) is 11.5 Å². The van der Waals surface area contributed by atoms with Crippen molar-refractivity contribution in [3.63, 3.8) is 0 Å². The van der Waals surface area contributed by atoms with Gasteiger partial charge in [-0.15, -0.1) is 0 Å². The molecule has 0 bridgehead atoms. The van der Waals surface area contributed by atoms with Gasteiger partial charge < -0.3 is 5.32 Å². The summed E-state index contributed by atoms with van der Waals surface area (Å²) >= 11 is 0. The first-order valence-corrected chi connectivity index (χ1v) is 6.86. The Morgan fingerprint density at radius 2 is 2.11 bits per heavy atom. The molecule has 0 aliphatic heterocycles. The second kappa shape index (κ2) is 6.19. The molecule has 0 saturated heterocycles. The summed E-state index contributed by atoms with van der Waals surface area (Å²) in [5.41, 5.74) is 3.81. The number of pyridine rings is 1. The molecule has 0 fully saturated rings. The average molecular weight is 253 g/mol. The van der Waals surface area contributed by atoms with E-state index >= 15 is 0 Å². The Labute approximate surface area is 114 Å². The van der Waals surface area contributed by atoms with Gasteiger partial charge in [-0.05, 0) is 18.4 Å². The van der Waals surface area contributed by atoms with E-state index in [1.54, 1.807) is 6.20 Å². The number of aromatic nitrogens is 1. The molecule has 2 rings (SSSR count). The van der Waals surface area contributed by atoms with E-state index in [-0.39, 0.29) is 0 Å². The molecule has 0 radical (unpaired) electrons. The molecule has 0 aliphatic carbocycles. The van der Waals surface area contributed by atoms with Gasteiger partial charge in [-0.3, -0.25) is 4.98 Å². The lowest BCUT2D eigenvalue weighted by molar-refractivity contribution is 0.926. The number of para-hydroxylation sites is 1. The highest BCUT2D eigenvalue weighted by molar-refractivity contribution is 5.95. The number of nitrogens with one attached hydrogen (secondary N) is 1. The summed E-state index contributed by atoms with van der Waals surface area (Å²) < 4.78 is 0. The number of aryl methyl sites for hydroxylation is 1. The molecular weight excluding hydrogens is 234 g/mol. The van der Waals surface area contributed by atoms with Gasteiger partial charge in [-0.25, -0.2) is 0 Å². The summed E-state index contributed by atoms with van der Waals surface area (Å²) in [6, 6.07) is 8.43. The van der Waals surface area contributed by atoms with Crippen LogP contribution in [0.15, 0.2) is 24.4 Å². The maximum atomic E-state index is 9.22. The van der Waals surface area contributed by atoms with Gasteiger partial charge in [0.1, 0.15) is 6.07 Å².